The number of carbonyl (C=O) groups excluding carboxylic acids is 1. The van der Waals surface area contributed by atoms with E-state index < -0.39 is 11.6 Å². The molecule has 4 heteroatoms. The molecule has 0 saturated carbocycles. The van der Waals surface area contributed by atoms with Gasteiger partial charge in [-0.3, -0.25) is 4.79 Å². The van der Waals surface area contributed by atoms with Crippen molar-refractivity contribution >= 4 is 11.6 Å². The van der Waals surface area contributed by atoms with E-state index in [9.17, 15) is 4.79 Å². The fourth-order valence-corrected chi connectivity index (χ4v) is 3.39. The van der Waals surface area contributed by atoms with Crippen molar-refractivity contribution in [3.05, 3.63) is 101 Å². The summed E-state index contributed by atoms with van der Waals surface area (Å²) in [5.41, 5.74) is 0.264. The number of fused-ring (bicyclic) bond motifs is 1. The van der Waals surface area contributed by atoms with Gasteiger partial charge in [-0.15, -0.1) is 0 Å². The number of benzene rings is 3. The molecule has 1 atom stereocenters. The first-order valence-electron chi connectivity index (χ1n) is 8.29. The summed E-state index contributed by atoms with van der Waals surface area (Å²) < 4.78 is 16.1. The molecule has 3 aromatic carbocycles. The molecule has 1 amide bonds. The van der Waals surface area contributed by atoms with Gasteiger partial charge in [0.1, 0.15) is 0 Å². The van der Waals surface area contributed by atoms with Crippen LogP contribution in [0, 0.1) is 11.3 Å². The molecule has 1 aliphatic heterocycles. The molecule has 1 aliphatic rings. The van der Waals surface area contributed by atoms with Gasteiger partial charge in [-0.05, 0) is 23.8 Å². The first kappa shape index (κ1) is 16.0. The Morgan fingerprint density at radius 2 is 1.58 bits per heavy atom. The van der Waals surface area contributed by atoms with E-state index in [0.29, 0.717) is 23.4 Å². The smallest absolute Gasteiger partial charge is 0.274 e. The number of halogens is 1. The number of anilines is 1. The standard InChI is InChI=1S/C22H15FN2O/c23-22(18-12-10-16(14-24)11-13-18)19-8-4-5-9-20(19)25(21(22)26)15-17-6-2-1-3-7-17/h1-13H,15H2/t22-/m1/s1. The zero-order chi connectivity index (χ0) is 18.1. The number of alkyl halides is 1. The van der Waals surface area contributed by atoms with Gasteiger partial charge in [-0.2, -0.15) is 5.26 Å². The van der Waals surface area contributed by atoms with Gasteiger partial charge in [0, 0.05) is 11.1 Å². The summed E-state index contributed by atoms with van der Waals surface area (Å²) in [5, 5.41) is 8.96. The normalized spacial score (nSPS) is 18.5. The van der Waals surface area contributed by atoms with E-state index in [1.807, 2.05) is 36.4 Å². The lowest BCUT2D eigenvalue weighted by atomic mass is 9.89. The van der Waals surface area contributed by atoms with Crippen LogP contribution in [0.1, 0.15) is 22.3 Å². The number of rotatable bonds is 3. The molecule has 0 fully saturated rings. The maximum absolute atomic E-state index is 16.1. The van der Waals surface area contributed by atoms with Crippen molar-refractivity contribution in [2.75, 3.05) is 4.90 Å². The Labute approximate surface area is 150 Å². The van der Waals surface area contributed by atoms with Gasteiger partial charge in [-0.1, -0.05) is 60.7 Å². The van der Waals surface area contributed by atoms with E-state index in [-0.39, 0.29) is 5.56 Å². The van der Waals surface area contributed by atoms with E-state index in [2.05, 4.69) is 0 Å². The van der Waals surface area contributed by atoms with Crippen LogP contribution in [0.4, 0.5) is 10.1 Å². The number of nitriles is 1. The van der Waals surface area contributed by atoms with Crippen LogP contribution in [-0.4, -0.2) is 5.91 Å². The predicted octanol–water partition coefficient (Wildman–Crippen LogP) is 4.32. The molecule has 1 heterocycles. The second-order valence-electron chi connectivity index (χ2n) is 6.24. The highest BCUT2D eigenvalue weighted by atomic mass is 19.1. The molecule has 0 bridgehead atoms. The van der Waals surface area contributed by atoms with Gasteiger partial charge < -0.3 is 4.90 Å². The van der Waals surface area contributed by atoms with Gasteiger partial charge in [-0.25, -0.2) is 4.39 Å². The number of hydrogen-bond donors (Lipinski definition) is 0. The van der Waals surface area contributed by atoms with Crippen LogP contribution >= 0.6 is 0 Å². The highest BCUT2D eigenvalue weighted by Crippen LogP contribution is 2.47. The van der Waals surface area contributed by atoms with E-state index in [1.165, 1.54) is 29.2 Å². The van der Waals surface area contributed by atoms with Gasteiger partial charge in [0.15, 0.2) is 0 Å². The van der Waals surface area contributed by atoms with Crippen molar-refractivity contribution in [2.24, 2.45) is 0 Å². The summed E-state index contributed by atoms with van der Waals surface area (Å²) in [7, 11) is 0. The van der Waals surface area contributed by atoms with Gasteiger partial charge in [0.05, 0.1) is 23.9 Å². The van der Waals surface area contributed by atoms with Crippen LogP contribution in [-0.2, 0) is 17.0 Å². The van der Waals surface area contributed by atoms with E-state index in [0.717, 1.165) is 5.56 Å². The molecule has 0 aromatic heterocycles. The summed E-state index contributed by atoms with van der Waals surface area (Å²) in [4.78, 5) is 14.6. The Hall–Kier alpha value is -3.45. The minimum absolute atomic E-state index is 0.240. The Balaban J connectivity index is 1.81. The monoisotopic (exact) mass is 342 g/mol. The summed E-state index contributed by atoms with van der Waals surface area (Å²) in [5.74, 6) is -0.604. The first-order valence-corrected chi connectivity index (χ1v) is 8.29. The zero-order valence-electron chi connectivity index (χ0n) is 13.9. The topological polar surface area (TPSA) is 44.1 Å². The molecule has 0 spiro atoms. The average Bonchev–Trinajstić information content (AvgIpc) is 2.92. The summed E-state index contributed by atoms with van der Waals surface area (Å²) in [6, 6.07) is 24.6. The average molecular weight is 342 g/mol. The van der Waals surface area contributed by atoms with Crippen LogP contribution in [0.2, 0.25) is 0 Å². The second-order valence-corrected chi connectivity index (χ2v) is 6.24. The largest absolute Gasteiger partial charge is 0.304 e. The van der Waals surface area contributed by atoms with Gasteiger partial charge in [0.2, 0.25) is 5.67 Å². The lowest BCUT2D eigenvalue weighted by Gasteiger charge is -2.21. The van der Waals surface area contributed by atoms with Crippen molar-refractivity contribution in [3.8, 4) is 6.07 Å². The minimum atomic E-state index is -2.25. The summed E-state index contributed by atoms with van der Waals surface area (Å²) in [6.07, 6.45) is 0. The number of nitrogens with zero attached hydrogens (tertiary/aromatic N) is 2. The summed E-state index contributed by atoms with van der Waals surface area (Å²) >= 11 is 0. The van der Waals surface area contributed by atoms with Crippen LogP contribution in [0.5, 0.6) is 0 Å². The lowest BCUT2D eigenvalue weighted by molar-refractivity contribution is -0.127. The van der Waals surface area contributed by atoms with Gasteiger partial charge in [0.25, 0.3) is 5.91 Å². The molecule has 0 N–H and O–H groups in total. The minimum Gasteiger partial charge on any atom is -0.304 e. The van der Waals surface area contributed by atoms with Crippen LogP contribution < -0.4 is 4.90 Å². The van der Waals surface area contributed by atoms with Crippen LogP contribution in [0.25, 0.3) is 0 Å². The zero-order valence-corrected chi connectivity index (χ0v) is 13.9. The second kappa shape index (κ2) is 6.12. The lowest BCUT2D eigenvalue weighted by Crippen LogP contribution is -2.37. The molecule has 0 radical (unpaired) electrons. The Morgan fingerprint density at radius 3 is 2.27 bits per heavy atom. The highest BCUT2D eigenvalue weighted by molar-refractivity contribution is 6.09. The van der Waals surface area contributed by atoms with Crippen molar-refractivity contribution in [3.63, 3.8) is 0 Å². The molecule has 3 nitrogen and oxygen atoms in total. The van der Waals surface area contributed by atoms with E-state index >= 15 is 4.39 Å². The van der Waals surface area contributed by atoms with Crippen molar-refractivity contribution in [2.45, 2.75) is 12.2 Å². The molecule has 26 heavy (non-hydrogen) atoms. The Bertz CT molecular complexity index is 1010. The van der Waals surface area contributed by atoms with Crippen LogP contribution in [0.3, 0.4) is 0 Å². The van der Waals surface area contributed by atoms with E-state index in [4.69, 9.17) is 5.26 Å². The third-order valence-corrected chi connectivity index (χ3v) is 4.70. The molecular weight excluding hydrogens is 327 g/mol. The molecule has 4 rings (SSSR count). The number of carbonyl (C=O) groups is 1. The quantitative estimate of drug-likeness (QED) is 0.711. The predicted molar refractivity (Wildman–Crippen MR) is 97.1 cm³/mol. The maximum Gasteiger partial charge on any atom is 0.274 e. The van der Waals surface area contributed by atoms with Crippen molar-refractivity contribution in [1.29, 1.82) is 5.26 Å². The van der Waals surface area contributed by atoms with Gasteiger partial charge >= 0.3 is 0 Å². The number of para-hydroxylation sites is 1. The molecule has 126 valence electrons. The fraction of sp³-hybridized carbons (Fsp3) is 0.0909. The Morgan fingerprint density at radius 1 is 0.923 bits per heavy atom. The molecule has 0 saturated heterocycles. The Kier molecular flexibility index (Phi) is 3.78. The molecule has 0 aliphatic carbocycles. The SMILES string of the molecule is N#Cc1ccc([C@]2(F)C(=O)N(Cc3ccccc3)c3ccccc32)cc1. The number of amides is 1. The highest BCUT2D eigenvalue weighted by Gasteiger charge is 2.52. The maximum atomic E-state index is 16.1. The number of hydrogen-bond acceptors (Lipinski definition) is 2. The third kappa shape index (κ3) is 2.37. The van der Waals surface area contributed by atoms with Crippen molar-refractivity contribution < 1.29 is 9.18 Å². The molecule has 3 aromatic rings. The van der Waals surface area contributed by atoms with Crippen molar-refractivity contribution in [1.82, 2.24) is 0 Å². The third-order valence-electron chi connectivity index (χ3n) is 4.70. The molecule has 0 unspecified atom stereocenters. The molecular formula is C22H15FN2O. The van der Waals surface area contributed by atoms with E-state index in [1.54, 1.807) is 24.3 Å². The summed E-state index contributed by atoms with van der Waals surface area (Å²) in [6.45, 7) is 0.304. The fourth-order valence-electron chi connectivity index (χ4n) is 3.39. The van der Waals surface area contributed by atoms with Crippen LogP contribution in [0.15, 0.2) is 78.9 Å². The first-order chi connectivity index (χ1) is 12.6.